The van der Waals surface area contributed by atoms with Gasteiger partial charge in [0.15, 0.2) is 5.69 Å². The smallest absolute Gasteiger partial charge is 0.355 e. The van der Waals surface area contributed by atoms with Crippen molar-refractivity contribution in [3.05, 3.63) is 40.9 Å². The lowest BCUT2D eigenvalue weighted by Gasteiger charge is -1.99. The van der Waals surface area contributed by atoms with Crippen molar-refractivity contribution in [2.45, 2.75) is 13.3 Å². The summed E-state index contributed by atoms with van der Waals surface area (Å²) in [5.41, 5.74) is 0.0865. The number of hydrogen-bond acceptors (Lipinski definition) is 4. The van der Waals surface area contributed by atoms with Gasteiger partial charge < -0.3 is 9.84 Å². The number of ether oxygens (including phenoxy) is 1. The molecule has 0 saturated heterocycles. The number of para-hydroxylation sites is 1. The first-order valence-corrected chi connectivity index (χ1v) is 5.98. The molecule has 1 heterocycles. The van der Waals surface area contributed by atoms with Crippen LogP contribution in [0.4, 0.5) is 0 Å². The lowest BCUT2D eigenvalue weighted by atomic mass is 10.3. The molecule has 2 aromatic rings. The quantitative estimate of drug-likeness (QED) is 0.904. The van der Waals surface area contributed by atoms with Crippen LogP contribution in [-0.2, 0) is 6.42 Å². The molecule has 0 unspecified atom stereocenters. The Balaban J connectivity index is 2.26. The highest BCUT2D eigenvalue weighted by atomic mass is 32.1. The predicted octanol–water partition coefficient (Wildman–Crippen LogP) is 3.20. The normalized spacial score (nSPS) is 10.2. The second kappa shape index (κ2) is 4.97. The molecule has 1 aromatic heterocycles. The third-order valence-electron chi connectivity index (χ3n) is 2.15. The van der Waals surface area contributed by atoms with Crippen molar-refractivity contribution in [2.75, 3.05) is 0 Å². The van der Waals surface area contributed by atoms with Crippen molar-refractivity contribution < 1.29 is 14.6 Å². The molecule has 0 spiro atoms. The summed E-state index contributed by atoms with van der Waals surface area (Å²) in [7, 11) is 0. The minimum atomic E-state index is -1.01. The second-order valence-electron chi connectivity index (χ2n) is 3.33. The summed E-state index contributed by atoms with van der Waals surface area (Å²) in [6.45, 7) is 1.90. The first kappa shape index (κ1) is 11.6. The molecular weight excluding hydrogens is 238 g/mol. The highest BCUT2D eigenvalue weighted by molar-refractivity contribution is 7.13. The molecule has 0 fully saturated rings. The van der Waals surface area contributed by atoms with E-state index in [9.17, 15) is 4.79 Å². The lowest BCUT2D eigenvalue weighted by molar-refractivity contribution is 0.0689. The van der Waals surface area contributed by atoms with Gasteiger partial charge in [0.2, 0.25) is 0 Å². The number of thiazole rings is 1. The summed E-state index contributed by atoms with van der Waals surface area (Å²) in [4.78, 5) is 15.6. The molecule has 88 valence electrons. The summed E-state index contributed by atoms with van der Waals surface area (Å²) in [6.07, 6.45) is 0.636. The predicted molar refractivity (Wildman–Crippen MR) is 65.0 cm³/mol. The van der Waals surface area contributed by atoms with E-state index >= 15 is 0 Å². The topological polar surface area (TPSA) is 59.4 Å². The summed E-state index contributed by atoms with van der Waals surface area (Å²) in [5, 5.41) is 9.33. The van der Waals surface area contributed by atoms with Gasteiger partial charge in [0.25, 0.3) is 5.19 Å². The Kier molecular flexibility index (Phi) is 3.39. The maximum Gasteiger partial charge on any atom is 0.355 e. The van der Waals surface area contributed by atoms with Crippen LogP contribution in [0.2, 0.25) is 0 Å². The molecule has 0 aliphatic heterocycles. The van der Waals surface area contributed by atoms with Crippen molar-refractivity contribution in [1.82, 2.24) is 4.98 Å². The Labute approximate surface area is 103 Å². The van der Waals surface area contributed by atoms with Crippen molar-refractivity contribution >= 4 is 17.3 Å². The third kappa shape index (κ3) is 2.62. The van der Waals surface area contributed by atoms with E-state index in [1.807, 2.05) is 25.1 Å². The first-order chi connectivity index (χ1) is 8.20. The number of aryl methyl sites for hydroxylation is 1. The van der Waals surface area contributed by atoms with Crippen LogP contribution >= 0.6 is 11.3 Å². The maximum absolute atomic E-state index is 10.9. The Bertz CT molecular complexity index is 522. The average molecular weight is 249 g/mol. The van der Waals surface area contributed by atoms with Crippen molar-refractivity contribution in [2.24, 2.45) is 0 Å². The van der Waals surface area contributed by atoms with Gasteiger partial charge in [0.1, 0.15) is 5.75 Å². The zero-order chi connectivity index (χ0) is 12.3. The van der Waals surface area contributed by atoms with Gasteiger partial charge in [-0.3, -0.25) is 0 Å². The van der Waals surface area contributed by atoms with Crippen molar-refractivity contribution in [3.8, 4) is 10.9 Å². The molecule has 0 bridgehead atoms. The van der Waals surface area contributed by atoms with Crippen LogP contribution < -0.4 is 4.74 Å². The molecule has 1 N–H and O–H groups in total. The van der Waals surface area contributed by atoms with Gasteiger partial charge in [-0.2, -0.15) is 4.98 Å². The lowest BCUT2D eigenvalue weighted by Crippen LogP contribution is -1.99. The Morgan fingerprint density at radius 2 is 2.12 bits per heavy atom. The molecule has 0 aliphatic rings. The Morgan fingerprint density at radius 1 is 1.41 bits per heavy atom. The first-order valence-electron chi connectivity index (χ1n) is 5.16. The van der Waals surface area contributed by atoms with E-state index in [0.717, 1.165) is 4.88 Å². The van der Waals surface area contributed by atoms with Gasteiger partial charge in [-0.05, 0) is 18.6 Å². The number of aromatic carboxylic acids is 1. The summed E-state index contributed by atoms with van der Waals surface area (Å²) in [6, 6.07) is 9.18. The van der Waals surface area contributed by atoms with Gasteiger partial charge in [-0.25, -0.2) is 4.79 Å². The fraction of sp³-hybridized carbons (Fsp3) is 0.167. The van der Waals surface area contributed by atoms with Gasteiger partial charge in [-0.1, -0.05) is 36.5 Å². The van der Waals surface area contributed by atoms with Crippen LogP contribution in [0.15, 0.2) is 30.3 Å². The monoisotopic (exact) mass is 249 g/mol. The van der Waals surface area contributed by atoms with E-state index in [2.05, 4.69) is 4.98 Å². The number of rotatable bonds is 4. The molecule has 0 amide bonds. The van der Waals surface area contributed by atoms with Gasteiger partial charge in [0, 0.05) is 4.88 Å². The highest BCUT2D eigenvalue weighted by Crippen LogP contribution is 2.29. The van der Waals surface area contributed by atoms with Crippen LogP contribution in [0.25, 0.3) is 0 Å². The Hall–Kier alpha value is -1.88. The molecule has 0 aliphatic carbocycles. The van der Waals surface area contributed by atoms with Gasteiger partial charge in [-0.15, -0.1) is 0 Å². The molecular formula is C12H11NO3S. The van der Waals surface area contributed by atoms with E-state index in [-0.39, 0.29) is 5.69 Å². The number of hydrogen-bond donors (Lipinski definition) is 1. The number of aromatic nitrogens is 1. The van der Waals surface area contributed by atoms with Crippen LogP contribution in [0.5, 0.6) is 10.9 Å². The summed E-state index contributed by atoms with van der Waals surface area (Å²) in [5.74, 6) is -0.359. The third-order valence-corrected chi connectivity index (χ3v) is 3.23. The number of benzene rings is 1. The molecule has 0 atom stereocenters. The van der Waals surface area contributed by atoms with E-state index < -0.39 is 5.97 Å². The minimum absolute atomic E-state index is 0.0865. The standard InChI is InChI=1S/C12H11NO3S/c1-2-9-10(11(14)15)13-12(17-9)16-8-6-4-3-5-7-8/h3-7H,2H2,1H3,(H,14,15). The molecule has 1 aromatic carbocycles. The summed E-state index contributed by atoms with van der Waals surface area (Å²) >= 11 is 1.27. The molecule has 0 radical (unpaired) electrons. The SMILES string of the molecule is CCc1sc(Oc2ccccc2)nc1C(=O)O. The fourth-order valence-corrected chi connectivity index (χ4v) is 2.23. The van der Waals surface area contributed by atoms with Gasteiger partial charge in [0.05, 0.1) is 0 Å². The van der Waals surface area contributed by atoms with Crippen LogP contribution in [0, 0.1) is 0 Å². The van der Waals surface area contributed by atoms with E-state index in [1.165, 1.54) is 11.3 Å². The maximum atomic E-state index is 10.9. The van der Waals surface area contributed by atoms with Crippen molar-refractivity contribution in [3.63, 3.8) is 0 Å². The zero-order valence-corrected chi connectivity index (χ0v) is 10.0. The molecule has 2 rings (SSSR count). The van der Waals surface area contributed by atoms with Gasteiger partial charge >= 0.3 is 5.97 Å². The average Bonchev–Trinajstić information content (AvgIpc) is 2.73. The van der Waals surface area contributed by atoms with Crippen molar-refractivity contribution in [1.29, 1.82) is 0 Å². The fourth-order valence-electron chi connectivity index (χ4n) is 1.37. The number of nitrogens with zero attached hydrogens (tertiary/aromatic N) is 1. The second-order valence-corrected chi connectivity index (χ2v) is 4.37. The molecule has 0 saturated carbocycles. The molecule has 17 heavy (non-hydrogen) atoms. The van der Waals surface area contributed by atoms with Crippen LogP contribution in [0.1, 0.15) is 22.3 Å². The minimum Gasteiger partial charge on any atom is -0.476 e. The Morgan fingerprint density at radius 3 is 2.65 bits per heavy atom. The highest BCUT2D eigenvalue weighted by Gasteiger charge is 2.17. The molecule has 4 nitrogen and oxygen atoms in total. The van der Waals surface area contributed by atoms with Crippen LogP contribution in [-0.4, -0.2) is 16.1 Å². The number of carboxylic acids is 1. The van der Waals surface area contributed by atoms with E-state index in [1.54, 1.807) is 12.1 Å². The van der Waals surface area contributed by atoms with Crippen LogP contribution in [0.3, 0.4) is 0 Å². The zero-order valence-electron chi connectivity index (χ0n) is 9.21. The molecule has 5 heteroatoms. The van der Waals surface area contributed by atoms with E-state index in [4.69, 9.17) is 9.84 Å². The largest absolute Gasteiger partial charge is 0.476 e. The number of carboxylic acid groups (broad SMARTS) is 1. The number of carbonyl (C=O) groups is 1. The summed E-state index contributed by atoms with van der Waals surface area (Å²) < 4.78 is 5.50. The van der Waals surface area contributed by atoms with E-state index in [0.29, 0.717) is 17.4 Å².